The molecule has 0 spiro atoms. The van der Waals surface area contributed by atoms with Crippen LogP contribution in [0.3, 0.4) is 0 Å². The zero-order valence-electron chi connectivity index (χ0n) is 12.5. The smallest absolute Gasteiger partial charge is 0.305 e. The van der Waals surface area contributed by atoms with Crippen LogP contribution < -0.4 is 11.2 Å². The van der Waals surface area contributed by atoms with Gasteiger partial charge in [-0.15, -0.1) is 11.3 Å². The Labute approximate surface area is 157 Å². The van der Waals surface area contributed by atoms with Crippen LogP contribution in [0.25, 0.3) is 20.3 Å². The van der Waals surface area contributed by atoms with Crippen molar-refractivity contribution in [3.05, 3.63) is 78.1 Å². The van der Waals surface area contributed by atoms with Crippen molar-refractivity contribution in [2.45, 2.75) is 6.54 Å². The third-order valence-corrected chi connectivity index (χ3v) is 5.80. The molecule has 4 aromatic rings. The lowest BCUT2D eigenvalue weighted by molar-refractivity contribution is 0.590. The van der Waals surface area contributed by atoms with Crippen LogP contribution in [0, 0.1) is 5.82 Å². The van der Waals surface area contributed by atoms with E-state index in [1.165, 1.54) is 17.4 Å². The molecule has 0 unspecified atom stereocenters. The third kappa shape index (κ3) is 2.82. The van der Waals surface area contributed by atoms with E-state index in [9.17, 15) is 14.0 Å². The molecule has 0 saturated heterocycles. The van der Waals surface area contributed by atoms with Crippen molar-refractivity contribution in [1.82, 2.24) is 9.55 Å². The van der Waals surface area contributed by atoms with Gasteiger partial charge in [-0.25, -0.2) is 9.18 Å². The van der Waals surface area contributed by atoms with Crippen LogP contribution in [0.2, 0.25) is 5.02 Å². The first-order valence-electron chi connectivity index (χ1n) is 7.23. The Morgan fingerprint density at radius 2 is 2.00 bits per heavy atom. The van der Waals surface area contributed by atoms with Crippen LogP contribution in [-0.2, 0) is 6.54 Å². The number of nitrogens with one attached hydrogen (secondary N) is 1. The fourth-order valence-electron chi connectivity index (χ4n) is 2.70. The fraction of sp³-hybridized carbons (Fsp3) is 0.0588. The molecule has 2 aromatic carbocycles. The monoisotopic (exact) mass is 438 g/mol. The summed E-state index contributed by atoms with van der Waals surface area (Å²) in [6.07, 6.45) is 0. The average molecular weight is 440 g/mol. The van der Waals surface area contributed by atoms with Gasteiger partial charge in [0.15, 0.2) is 0 Å². The lowest BCUT2D eigenvalue weighted by Crippen LogP contribution is -2.35. The third-order valence-electron chi connectivity index (χ3n) is 3.91. The molecular weight excluding hydrogens is 431 g/mol. The number of aromatic nitrogens is 2. The van der Waals surface area contributed by atoms with Crippen LogP contribution in [0.5, 0.6) is 0 Å². The topological polar surface area (TPSA) is 54.9 Å². The standard InChI is InChI=1S/C17H9BrClFN2O2S/c18-9-2-1-8(12(20)5-9)7-22-16(23)15-14(21-17(22)24)11-6-10(19)3-4-13(11)25-15/h1-6H,7H2,(H,21,24). The van der Waals surface area contributed by atoms with Gasteiger partial charge in [-0.1, -0.05) is 33.6 Å². The van der Waals surface area contributed by atoms with E-state index in [4.69, 9.17) is 11.6 Å². The molecule has 4 nitrogen and oxygen atoms in total. The van der Waals surface area contributed by atoms with E-state index in [-0.39, 0.29) is 12.1 Å². The van der Waals surface area contributed by atoms with Crippen molar-refractivity contribution in [2.24, 2.45) is 0 Å². The number of benzene rings is 2. The summed E-state index contributed by atoms with van der Waals surface area (Å²) in [5.74, 6) is -0.483. The number of rotatable bonds is 2. The Morgan fingerprint density at radius 3 is 2.76 bits per heavy atom. The van der Waals surface area contributed by atoms with Crippen LogP contribution >= 0.6 is 38.9 Å². The van der Waals surface area contributed by atoms with Crippen LogP contribution in [0.15, 0.2) is 50.5 Å². The first kappa shape index (κ1) is 16.5. The Bertz CT molecular complexity index is 1260. The van der Waals surface area contributed by atoms with E-state index in [0.717, 1.165) is 14.7 Å². The number of fused-ring (bicyclic) bond motifs is 3. The normalized spacial score (nSPS) is 11.5. The largest absolute Gasteiger partial charge is 0.329 e. The number of halogens is 3. The second-order valence-electron chi connectivity index (χ2n) is 5.50. The molecule has 2 aromatic heterocycles. The molecule has 0 fully saturated rings. The first-order valence-corrected chi connectivity index (χ1v) is 9.21. The van der Waals surface area contributed by atoms with Gasteiger partial charge in [0.1, 0.15) is 10.5 Å². The van der Waals surface area contributed by atoms with Gasteiger partial charge < -0.3 is 4.98 Å². The zero-order valence-corrected chi connectivity index (χ0v) is 15.6. The quantitative estimate of drug-likeness (QED) is 0.500. The Hall–Kier alpha value is -1.96. The summed E-state index contributed by atoms with van der Waals surface area (Å²) in [5, 5.41) is 1.25. The molecule has 0 aliphatic heterocycles. The van der Waals surface area contributed by atoms with Gasteiger partial charge in [0.25, 0.3) is 5.56 Å². The van der Waals surface area contributed by atoms with Crippen molar-refractivity contribution in [2.75, 3.05) is 0 Å². The lowest BCUT2D eigenvalue weighted by atomic mass is 10.2. The highest BCUT2D eigenvalue weighted by molar-refractivity contribution is 9.10. The summed E-state index contributed by atoms with van der Waals surface area (Å²) in [6, 6.07) is 9.75. The molecular formula is C17H9BrClFN2O2S. The summed E-state index contributed by atoms with van der Waals surface area (Å²) < 4.78 is 16.9. The summed E-state index contributed by atoms with van der Waals surface area (Å²) >= 11 is 10.5. The maximum Gasteiger partial charge on any atom is 0.329 e. The molecule has 126 valence electrons. The molecule has 0 amide bonds. The molecule has 0 aliphatic carbocycles. The number of thiophene rings is 1. The zero-order chi connectivity index (χ0) is 17.7. The first-order chi connectivity index (χ1) is 11.9. The Kier molecular flexibility index (Phi) is 4.02. The van der Waals surface area contributed by atoms with Crippen LogP contribution in [0.4, 0.5) is 4.39 Å². The molecule has 4 rings (SSSR count). The minimum atomic E-state index is -0.584. The predicted octanol–water partition coefficient (Wildman–Crippen LogP) is 4.51. The van der Waals surface area contributed by atoms with Gasteiger partial charge in [-0.3, -0.25) is 9.36 Å². The Morgan fingerprint density at radius 1 is 1.20 bits per heavy atom. The highest BCUT2D eigenvalue weighted by Crippen LogP contribution is 2.31. The van der Waals surface area contributed by atoms with E-state index in [1.807, 2.05) is 0 Å². The molecule has 25 heavy (non-hydrogen) atoms. The molecule has 1 N–H and O–H groups in total. The van der Waals surface area contributed by atoms with Crippen molar-refractivity contribution >= 4 is 59.2 Å². The van der Waals surface area contributed by atoms with E-state index < -0.39 is 17.1 Å². The number of aromatic amines is 1. The van der Waals surface area contributed by atoms with Crippen molar-refractivity contribution < 1.29 is 4.39 Å². The fourth-order valence-corrected chi connectivity index (χ4v) is 4.29. The van der Waals surface area contributed by atoms with Gasteiger partial charge in [0.2, 0.25) is 0 Å². The van der Waals surface area contributed by atoms with E-state index in [0.29, 0.717) is 19.7 Å². The maximum atomic E-state index is 14.1. The summed E-state index contributed by atoms with van der Waals surface area (Å²) in [7, 11) is 0. The molecule has 0 aliphatic rings. The molecule has 0 saturated carbocycles. The molecule has 0 bridgehead atoms. The molecule has 8 heteroatoms. The van der Waals surface area contributed by atoms with Crippen LogP contribution in [-0.4, -0.2) is 9.55 Å². The Balaban J connectivity index is 1.95. The predicted molar refractivity (Wildman–Crippen MR) is 102 cm³/mol. The molecule has 2 heterocycles. The van der Waals surface area contributed by atoms with E-state index in [1.54, 1.807) is 30.3 Å². The highest BCUT2D eigenvalue weighted by Gasteiger charge is 2.15. The maximum absolute atomic E-state index is 14.1. The van der Waals surface area contributed by atoms with Crippen molar-refractivity contribution in [1.29, 1.82) is 0 Å². The van der Waals surface area contributed by atoms with Crippen LogP contribution in [0.1, 0.15) is 5.56 Å². The average Bonchev–Trinajstić information content (AvgIpc) is 2.91. The van der Waals surface area contributed by atoms with Gasteiger partial charge in [0, 0.05) is 25.1 Å². The molecule has 0 atom stereocenters. The molecule has 0 radical (unpaired) electrons. The lowest BCUT2D eigenvalue weighted by Gasteiger charge is -2.06. The van der Waals surface area contributed by atoms with Crippen molar-refractivity contribution in [3.8, 4) is 0 Å². The van der Waals surface area contributed by atoms with Gasteiger partial charge in [0.05, 0.1) is 12.1 Å². The minimum Gasteiger partial charge on any atom is -0.305 e. The summed E-state index contributed by atoms with van der Waals surface area (Å²) in [5.41, 5.74) is -0.304. The van der Waals surface area contributed by atoms with Gasteiger partial charge in [-0.05, 0) is 30.3 Å². The summed E-state index contributed by atoms with van der Waals surface area (Å²) in [6.45, 7) is -0.141. The second-order valence-corrected chi connectivity index (χ2v) is 7.91. The minimum absolute atomic E-state index is 0.141. The van der Waals surface area contributed by atoms with E-state index in [2.05, 4.69) is 20.9 Å². The number of H-pyrrole nitrogens is 1. The van der Waals surface area contributed by atoms with Gasteiger partial charge >= 0.3 is 5.69 Å². The van der Waals surface area contributed by atoms with E-state index >= 15 is 0 Å². The van der Waals surface area contributed by atoms with Gasteiger partial charge in [-0.2, -0.15) is 0 Å². The van der Waals surface area contributed by atoms with Crippen molar-refractivity contribution in [3.63, 3.8) is 0 Å². The number of hydrogen-bond acceptors (Lipinski definition) is 3. The SMILES string of the molecule is O=c1[nH]c2c(sc3ccc(Cl)cc32)c(=O)n1Cc1ccc(Br)cc1F. The summed E-state index contributed by atoms with van der Waals surface area (Å²) in [4.78, 5) is 27.9. The highest BCUT2D eigenvalue weighted by atomic mass is 79.9. The number of hydrogen-bond donors (Lipinski definition) is 1. The number of nitrogens with zero attached hydrogens (tertiary/aromatic N) is 1. The second kappa shape index (κ2) is 6.09.